The number of carbonyl (C=O) groups is 5. The van der Waals surface area contributed by atoms with E-state index in [1.807, 2.05) is 6.26 Å². The van der Waals surface area contributed by atoms with Crippen molar-refractivity contribution in [2.75, 3.05) is 24.9 Å². The first-order valence-corrected chi connectivity index (χ1v) is 17.0. The summed E-state index contributed by atoms with van der Waals surface area (Å²) in [5.74, 6) is -1.19. The van der Waals surface area contributed by atoms with Gasteiger partial charge in [-0.25, -0.2) is 4.79 Å². The zero-order valence-corrected chi connectivity index (χ0v) is 27.7. The first-order chi connectivity index (χ1) is 20.9. The van der Waals surface area contributed by atoms with Gasteiger partial charge < -0.3 is 36.4 Å². The highest BCUT2D eigenvalue weighted by atomic mass is 32.2. The molecule has 0 radical (unpaired) electrons. The highest BCUT2D eigenvalue weighted by molar-refractivity contribution is 8.00. The second-order valence-electron chi connectivity index (χ2n) is 10.3. The predicted octanol–water partition coefficient (Wildman–Crippen LogP) is 3.22. The molecule has 0 fully saturated rings. The van der Waals surface area contributed by atoms with E-state index >= 15 is 0 Å². The van der Waals surface area contributed by atoms with Crippen molar-refractivity contribution in [3.05, 3.63) is 23.8 Å². The van der Waals surface area contributed by atoms with Crippen LogP contribution >= 0.6 is 23.5 Å². The van der Waals surface area contributed by atoms with Crippen LogP contribution in [0, 0.1) is 0 Å². The summed E-state index contributed by atoms with van der Waals surface area (Å²) in [6.45, 7) is 3.76. The van der Waals surface area contributed by atoms with Gasteiger partial charge in [-0.2, -0.15) is 23.5 Å². The van der Waals surface area contributed by atoms with E-state index in [9.17, 15) is 34.2 Å². The Kier molecular flexibility index (Phi) is 22.7. The molecular weight excluding hydrogens is 610 g/mol. The summed E-state index contributed by atoms with van der Waals surface area (Å²) in [7, 11) is 1.47. The summed E-state index contributed by atoms with van der Waals surface area (Å²) in [6.07, 6.45) is 7.65. The number of carboxylic acid groups (broad SMARTS) is 2. The van der Waals surface area contributed by atoms with E-state index in [0.29, 0.717) is 37.2 Å². The Bertz CT molecular complexity index is 1030. The second kappa shape index (κ2) is 24.4. The molecule has 0 aliphatic heterocycles. The lowest BCUT2D eigenvalue weighted by molar-refractivity contribution is -0.142. The number of carbonyl (C=O) groups excluding carboxylic acids is 3. The quantitative estimate of drug-likeness (QED) is 0.0740. The van der Waals surface area contributed by atoms with Crippen molar-refractivity contribution in [2.45, 2.75) is 95.0 Å². The molecule has 0 spiro atoms. The second-order valence-corrected chi connectivity index (χ2v) is 12.6. The molecule has 4 atom stereocenters. The number of Topliss-reactive ketones (excluding diaryl/α,β-unsaturated/α-hetero) is 1. The lowest BCUT2D eigenvalue weighted by Crippen LogP contribution is -2.51. The number of hydrogen-bond acceptors (Lipinski definition) is 10. The van der Waals surface area contributed by atoms with Gasteiger partial charge in [0.25, 0.3) is 0 Å². The Balaban J connectivity index is 0.00000234. The summed E-state index contributed by atoms with van der Waals surface area (Å²) in [5.41, 5.74) is 6.00. The van der Waals surface area contributed by atoms with E-state index in [1.165, 1.54) is 30.6 Å². The fourth-order valence-corrected chi connectivity index (χ4v) is 5.76. The largest absolute Gasteiger partial charge is 0.504 e. The van der Waals surface area contributed by atoms with Crippen LogP contribution in [0.25, 0.3) is 0 Å². The number of amides is 2. The van der Waals surface area contributed by atoms with Crippen LogP contribution in [0.2, 0.25) is 0 Å². The van der Waals surface area contributed by atoms with Gasteiger partial charge in [-0.05, 0) is 55.9 Å². The molecule has 250 valence electrons. The summed E-state index contributed by atoms with van der Waals surface area (Å²) in [5, 5.41) is 32.1. The number of benzene rings is 1. The molecule has 0 bridgehead atoms. The molecule has 1 aromatic carbocycles. The van der Waals surface area contributed by atoms with Gasteiger partial charge in [0, 0.05) is 29.9 Å². The Hall–Kier alpha value is -2.97. The fourth-order valence-electron chi connectivity index (χ4n) is 3.94. The Morgan fingerprint density at radius 1 is 1.09 bits per heavy atom. The van der Waals surface area contributed by atoms with Crippen LogP contribution in [0.1, 0.15) is 70.8 Å². The minimum atomic E-state index is -1.12. The van der Waals surface area contributed by atoms with Gasteiger partial charge in [0.05, 0.1) is 13.5 Å². The average molecular weight is 660 g/mol. The normalized spacial score (nSPS) is 13.3. The third kappa shape index (κ3) is 19.3. The van der Waals surface area contributed by atoms with Crippen molar-refractivity contribution in [3.8, 4) is 11.5 Å². The molecule has 12 nitrogen and oxygen atoms in total. The number of rotatable bonds is 23. The van der Waals surface area contributed by atoms with Crippen molar-refractivity contribution in [1.82, 2.24) is 10.6 Å². The molecule has 0 aliphatic carbocycles. The van der Waals surface area contributed by atoms with Crippen LogP contribution in [0.15, 0.2) is 18.2 Å². The van der Waals surface area contributed by atoms with Crippen molar-refractivity contribution in [3.63, 3.8) is 0 Å². The molecule has 2 amide bonds. The lowest BCUT2D eigenvalue weighted by Gasteiger charge is -2.22. The van der Waals surface area contributed by atoms with Gasteiger partial charge in [0.1, 0.15) is 17.9 Å². The Morgan fingerprint density at radius 3 is 2.32 bits per heavy atom. The van der Waals surface area contributed by atoms with Crippen LogP contribution in [-0.4, -0.2) is 93.6 Å². The number of thioether (sulfide) groups is 2. The van der Waals surface area contributed by atoms with Gasteiger partial charge in [-0.15, -0.1) is 0 Å². The number of phenols is 1. The average Bonchev–Trinajstić information content (AvgIpc) is 2.96. The molecule has 0 aromatic heterocycles. The minimum absolute atomic E-state index is 0.0241. The van der Waals surface area contributed by atoms with E-state index in [4.69, 9.17) is 15.6 Å². The standard InChI is InChI=1S/C26H40N2O7S2.C4H9NO2/c1-4-5-6-7-20(15-19(30)10-8-18-9-11-23(31)24(14-18)35-2)37-16-22(27-17-29)25(32)28-21(26(33)34)12-13-36-3;1-3(5)2-4(6)7/h9,11,14,17,20-22,31H,4-8,10,12-13,15-16H2,1-3H3,(H,27,29)(H,28,32)(H,33,34);3H,2,5H2,1H3,(H,6,7). The number of carboxylic acids is 2. The maximum absolute atomic E-state index is 12.8. The molecule has 44 heavy (non-hydrogen) atoms. The molecular formula is C30H49N3O9S2. The number of unbranched alkanes of at least 4 members (excludes halogenated alkanes) is 2. The molecule has 1 rings (SSSR count). The van der Waals surface area contributed by atoms with Crippen molar-refractivity contribution in [1.29, 1.82) is 0 Å². The van der Waals surface area contributed by atoms with Crippen molar-refractivity contribution >= 4 is 53.6 Å². The zero-order valence-electron chi connectivity index (χ0n) is 26.1. The van der Waals surface area contributed by atoms with Gasteiger partial charge in [-0.1, -0.05) is 32.3 Å². The number of ether oxygens (including phenoxy) is 1. The minimum Gasteiger partial charge on any atom is -0.504 e. The maximum Gasteiger partial charge on any atom is 0.326 e. The first kappa shape index (κ1) is 41.0. The number of aromatic hydroxyl groups is 1. The third-order valence-electron chi connectivity index (χ3n) is 6.33. The van der Waals surface area contributed by atoms with E-state index in [1.54, 1.807) is 25.1 Å². The highest BCUT2D eigenvalue weighted by Crippen LogP contribution is 2.27. The number of hydrogen-bond donors (Lipinski definition) is 6. The number of nitrogens with two attached hydrogens (primary N) is 1. The molecule has 1 aromatic rings. The molecule has 7 N–H and O–H groups in total. The number of phenolic OH excluding ortho intramolecular Hbond substituents is 1. The maximum atomic E-state index is 12.8. The molecule has 0 heterocycles. The first-order valence-electron chi connectivity index (χ1n) is 14.6. The monoisotopic (exact) mass is 659 g/mol. The van der Waals surface area contributed by atoms with E-state index in [0.717, 1.165) is 31.2 Å². The fraction of sp³-hybridized carbons (Fsp3) is 0.633. The number of aliphatic carboxylic acids is 2. The Morgan fingerprint density at radius 2 is 1.80 bits per heavy atom. The van der Waals surface area contributed by atoms with Crippen LogP contribution in [0.3, 0.4) is 0 Å². The van der Waals surface area contributed by atoms with E-state index in [2.05, 4.69) is 17.6 Å². The summed E-state index contributed by atoms with van der Waals surface area (Å²) < 4.78 is 5.13. The topological polar surface area (TPSA) is 205 Å². The highest BCUT2D eigenvalue weighted by Gasteiger charge is 2.26. The van der Waals surface area contributed by atoms with Gasteiger partial charge in [0.15, 0.2) is 11.5 Å². The van der Waals surface area contributed by atoms with Gasteiger partial charge >= 0.3 is 11.9 Å². The molecule has 0 saturated carbocycles. The molecule has 14 heteroatoms. The predicted molar refractivity (Wildman–Crippen MR) is 174 cm³/mol. The number of aryl methyl sites for hydroxylation is 1. The third-order valence-corrected chi connectivity index (χ3v) is 8.37. The van der Waals surface area contributed by atoms with Crippen molar-refractivity contribution < 1.29 is 44.0 Å². The van der Waals surface area contributed by atoms with Crippen LogP contribution in [0.4, 0.5) is 0 Å². The SMILES string of the molecule is CC(N)CC(=O)O.CCCCCC(CC(=O)CCc1ccc(O)c(OC)c1)SCC(NC=O)C(=O)NC(CCSC)C(=O)O. The zero-order chi connectivity index (χ0) is 33.5. The smallest absolute Gasteiger partial charge is 0.326 e. The lowest BCUT2D eigenvalue weighted by atomic mass is 10.0. The van der Waals surface area contributed by atoms with Gasteiger partial charge in [-0.3, -0.25) is 19.2 Å². The molecule has 0 aliphatic rings. The van der Waals surface area contributed by atoms with Gasteiger partial charge in [0.2, 0.25) is 12.3 Å². The summed E-state index contributed by atoms with van der Waals surface area (Å²) in [6, 6.07) is 2.87. The summed E-state index contributed by atoms with van der Waals surface area (Å²) in [4.78, 5) is 57.9. The van der Waals surface area contributed by atoms with Crippen LogP contribution in [-0.2, 0) is 30.4 Å². The van der Waals surface area contributed by atoms with Crippen molar-refractivity contribution in [2.24, 2.45) is 5.73 Å². The number of methoxy groups -OCH3 is 1. The number of nitrogens with one attached hydrogen (secondary N) is 2. The van der Waals surface area contributed by atoms with E-state index in [-0.39, 0.29) is 41.4 Å². The van der Waals surface area contributed by atoms with Crippen LogP contribution < -0.4 is 21.1 Å². The molecule has 0 saturated heterocycles. The molecule has 4 unspecified atom stereocenters. The van der Waals surface area contributed by atoms with E-state index < -0.39 is 29.9 Å². The summed E-state index contributed by atoms with van der Waals surface area (Å²) >= 11 is 2.94. The van der Waals surface area contributed by atoms with Crippen LogP contribution in [0.5, 0.6) is 11.5 Å². The Labute approximate surface area is 268 Å². The number of ketones is 1.